The fraction of sp³-hybridized carbons (Fsp3) is 0.0870. The van der Waals surface area contributed by atoms with Gasteiger partial charge in [-0.15, -0.1) is 11.3 Å². The molecular weight excluding hydrogens is 455 g/mol. The molecule has 0 unspecified atom stereocenters. The first-order valence-corrected chi connectivity index (χ1v) is 11.0. The van der Waals surface area contributed by atoms with Crippen LogP contribution in [0.1, 0.15) is 15.9 Å². The molecule has 0 fully saturated rings. The molecule has 2 heterocycles. The highest BCUT2D eigenvalue weighted by Gasteiger charge is 2.17. The van der Waals surface area contributed by atoms with Gasteiger partial charge >= 0.3 is 5.97 Å². The van der Waals surface area contributed by atoms with Crippen LogP contribution in [0.5, 0.6) is 0 Å². The number of hydrogen-bond donors (Lipinski definition) is 1. The molecule has 31 heavy (non-hydrogen) atoms. The summed E-state index contributed by atoms with van der Waals surface area (Å²) in [6.45, 7) is -0.206. The predicted octanol–water partition coefficient (Wildman–Crippen LogP) is 5.74. The molecular formula is C23H16Cl2N2O3S. The SMILES string of the molecule is O=C(COC(=O)c1cc(-c2cccs2)nc2ccccc12)NCc1ccc(Cl)cc1Cl. The topological polar surface area (TPSA) is 68.3 Å². The molecule has 156 valence electrons. The zero-order valence-corrected chi connectivity index (χ0v) is 18.4. The number of para-hydroxylation sites is 1. The summed E-state index contributed by atoms with van der Waals surface area (Å²) in [7, 11) is 0. The number of fused-ring (bicyclic) bond motifs is 1. The quantitative estimate of drug-likeness (QED) is 0.364. The number of nitrogens with one attached hydrogen (secondary N) is 1. The third kappa shape index (κ3) is 5.05. The van der Waals surface area contributed by atoms with E-state index in [9.17, 15) is 9.59 Å². The Labute approximate surface area is 192 Å². The van der Waals surface area contributed by atoms with E-state index in [1.807, 2.05) is 35.7 Å². The highest BCUT2D eigenvalue weighted by molar-refractivity contribution is 7.13. The summed E-state index contributed by atoms with van der Waals surface area (Å²) < 4.78 is 5.28. The molecule has 4 rings (SSSR count). The van der Waals surface area contributed by atoms with Crippen LogP contribution in [-0.2, 0) is 16.1 Å². The summed E-state index contributed by atoms with van der Waals surface area (Å²) in [6, 6.07) is 17.9. The largest absolute Gasteiger partial charge is 0.452 e. The van der Waals surface area contributed by atoms with Crippen molar-refractivity contribution in [1.29, 1.82) is 0 Å². The van der Waals surface area contributed by atoms with Crippen molar-refractivity contribution in [1.82, 2.24) is 10.3 Å². The zero-order chi connectivity index (χ0) is 21.8. The first-order chi connectivity index (χ1) is 15.0. The number of thiophene rings is 1. The van der Waals surface area contributed by atoms with Gasteiger partial charge in [-0.05, 0) is 41.3 Å². The van der Waals surface area contributed by atoms with Crippen LogP contribution in [0, 0.1) is 0 Å². The lowest BCUT2D eigenvalue weighted by Gasteiger charge is -2.10. The van der Waals surface area contributed by atoms with E-state index in [-0.39, 0.29) is 6.54 Å². The van der Waals surface area contributed by atoms with Crippen LogP contribution in [-0.4, -0.2) is 23.5 Å². The third-order valence-corrected chi connectivity index (χ3v) is 6.01. The first-order valence-electron chi connectivity index (χ1n) is 9.32. The van der Waals surface area contributed by atoms with E-state index in [0.717, 1.165) is 4.88 Å². The molecule has 4 aromatic rings. The maximum Gasteiger partial charge on any atom is 0.339 e. The van der Waals surface area contributed by atoms with Crippen LogP contribution in [0.15, 0.2) is 66.0 Å². The molecule has 2 aromatic carbocycles. The number of esters is 1. The number of pyridine rings is 1. The van der Waals surface area contributed by atoms with Crippen molar-refractivity contribution >= 4 is 57.3 Å². The van der Waals surface area contributed by atoms with Crippen LogP contribution >= 0.6 is 34.5 Å². The van der Waals surface area contributed by atoms with Crippen LogP contribution in [0.25, 0.3) is 21.5 Å². The van der Waals surface area contributed by atoms with Gasteiger partial charge in [0.1, 0.15) is 0 Å². The van der Waals surface area contributed by atoms with Crippen molar-refractivity contribution in [2.45, 2.75) is 6.54 Å². The van der Waals surface area contributed by atoms with E-state index in [4.69, 9.17) is 27.9 Å². The minimum atomic E-state index is -0.587. The lowest BCUT2D eigenvalue weighted by molar-refractivity contribution is -0.124. The molecule has 1 N–H and O–H groups in total. The summed E-state index contributed by atoms with van der Waals surface area (Å²) in [5, 5.41) is 6.26. The Morgan fingerprint density at radius 1 is 1.03 bits per heavy atom. The Kier molecular flexibility index (Phi) is 6.51. The van der Waals surface area contributed by atoms with Gasteiger partial charge in [0.25, 0.3) is 5.91 Å². The minimum absolute atomic E-state index is 0.201. The lowest BCUT2D eigenvalue weighted by Crippen LogP contribution is -2.28. The Balaban J connectivity index is 1.46. The summed E-state index contributed by atoms with van der Waals surface area (Å²) >= 11 is 13.5. The molecule has 5 nitrogen and oxygen atoms in total. The van der Waals surface area contributed by atoms with Gasteiger partial charge < -0.3 is 10.1 Å². The highest BCUT2D eigenvalue weighted by atomic mass is 35.5. The number of rotatable bonds is 6. The molecule has 0 saturated heterocycles. The Morgan fingerprint density at radius 2 is 1.87 bits per heavy atom. The minimum Gasteiger partial charge on any atom is -0.452 e. The summed E-state index contributed by atoms with van der Waals surface area (Å²) in [4.78, 5) is 30.5. The van der Waals surface area contributed by atoms with Crippen molar-refractivity contribution < 1.29 is 14.3 Å². The number of nitrogens with zero attached hydrogens (tertiary/aromatic N) is 1. The number of amides is 1. The standard InChI is InChI=1S/C23H16Cl2N2O3S/c24-15-8-7-14(18(25)10-15)12-26-22(28)13-30-23(29)17-11-20(21-6-3-9-31-21)27-19-5-2-1-4-16(17)19/h1-11H,12-13H2,(H,26,28). The second kappa shape index (κ2) is 9.47. The van der Waals surface area contributed by atoms with E-state index in [0.29, 0.717) is 37.8 Å². The van der Waals surface area contributed by atoms with Crippen molar-refractivity contribution in [3.8, 4) is 10.6 Å². The molecule has 8 heteroatoms. The Hall–Kier alpha value is -2.93. The van der Waals surface area contributed by atoms with Gasteiger partial charge in [0, 0.05) is 22.0 Å². The molecule has 1 amide bonds. The van der Waals surface area contributed by atoms with Crippen LogP contribution in [0.2, 0.25) is 10.0 Å². The molecule has 0 bridgehead atoms. The van der Waals surface area contributed by atoms with Gasteiger partial charge in [-0.2, -0.15) is 0 Å². The van der Waals surface area contributed by atoms with Gasteiger partial charge in [-0.1, -0.05) is 53.5 Å². The molecule has 0 aliphatic rings. The van der Waals surface area contributed by atoms with Crippen LogP contribution in [0.3, 0.4) is 0 Å². The normalized spacial score (nSPS) is 10.8. The maximum atomic E-state index is 12.8. The van der Waals surface area contributed by atoms with Crippen molar-refractivity contribution in [3.05, 3.63) is 87.2 Å². The van der Waals surface area contributed by atoms with E-state index in [1.165, 1.54) is 11.3 Å². The van der Waals surface area contributed by atoms with E-state index < -0.39 is 18.5 Å². The second-order valence-electron chi connectivity index (χ2n) is 6.64. The average Bonchev–Trinajstić information content (AvgIpc) is 3.31. The monoisotopic (exact) mass is 470 g/mol. The first kappa shape index (κ1) is 21.3. The Bertz CT molecular complexity index is 1260. The summed E-state index contributed by atoms with van der Waals surface area (Å²) in [5.74, 6) is -1.02. The lowest BCUT2D eigenvalue weighted by atomic mass is 10.1. The van der Waals surface area contributed by atoms with Crippen molar-refractivity contribution in [2.24, 2.45) is 0 Å². The number of benzene rings is 2. The summed E-state index contributed by atoms with van der Waals surface area (Å²) in [5.41, 5.74) is 2.44. The number of carbonyl (C=O) groups excluding carboxylic acids is 2. The van der Waals surface area contributed by atoms with Gasteiger partial charge in [0.05, 0.1) is 21.7 Å². The number of halogens is 2. The number of carbonyl (C=O) groups is 2. The summed E-state index contributed by atoms with van der Waals surface area (Å²) in [6.07, 6.45) is 0. The zero-order valence-electron chi connectivity index (χ0n) is 16.1. The molecule has 2 aromatic heterocycles. The third-order valence-electron chi connectivity index (χ3n) is 4.54. The van der Waals surface area contributed by atoms with Gasteiger partial charge in [-0.3, -0.25) is 4.79 Å². The van der Waals surface area contributed by atoms with Crippen LogP contribution < -0.4 is 5.32 Å². The predicted molar refractivity (Wildman–Crippen MR) is 124 cm³/mol. The fourth-order valence-corrected chi connectivity index (χ4v) is 4.18. The van der Waals surface area contributed by atoms with E-state index in [1.54, 1.807) is 30.3 Å². The molecule has 0 atom stereocenters. The van der Waals surface area contributed by atoms with Gasteiger partial charge in [0.2, 0.25) is 0 Å². The fourth-order valence-electron chi connectivity index (χ4n) is 3.01. The molecule has 0 spiro atoms. The van der Waals surface area contributed by atoms with Crippen molar-refractivity contribution in [3.63, 3.8) is 0 Å². The number of aromatic nitrogens is 1. The second-order valence-corrected chi connectivity index (χ2v) is 8.43. The molecule has 0 radical (unpaired) electrons. The average molecular weight is 471 g/mol. The number of hydrogen-bond acceptors (Lipinski definition) is 5. The van der Waals surface area contributed by atoms with Gasteiger partial charge in [0.15, 0.2) is 6.61 Å². The maximum absolute atomic E-state index is 12.8. The number of ether oxygens (including phenoxy) is 1. The Morgan fingerprint density at radius 3 is 2.65 bits per heavy atom. The van der Waals surface area contributed by atoms with Gasteiger partial charge in [-0.25, -0.2) is 9.78 Å². The van der Waals surface area contributed by atoms with Crippen molar-refractivity contribution in [2.75, 3.05) is 6.61 Å². The molecule has 0 aliphatic heterocycles. The van der Waals surface area contributed by atoms with Crippen LogP contribution in [0.4, 0.5) is 0 Å². The van der Waals surface area contributed by atoms with E-state index >= 15 is 0 Å². The van der Waals surface area contributed by atoms with E-state index in [2.05, 4.69) is 10.3 Å². The molecule has 0 saturated carbocycles. The highest BCUT2D eigenvalue weighted by Crippen LogP contribution is 2.28. The smallest absolute Gasteiger partial charge is 0.339 e. The molecule has 0 aliphatic carbocycles.